The molecule has 1 aromatic carbocycles. The van der Waals surface area contributed by atoms with Crippen LogP contribution in [0.2, 0.25) is 0 Å². The highest BCUT2D eigenvalue weighted by atomic mass is 15.3. The van der Waals surface area contributed by atoms with E-state index in [1.54, 1.807) is 0 Å². The van der Waals surface area contributed by atoms with Gasteiger partial charge in [0.2, 0.25) is 0 Å². The van der Waals surface area contributed by atoms with E-state index in [1.807, 2.05) is 30.3 Å². The van der Waals surface area contributed by atoms with Gasteiger partial charge in [0.1, 0.15) is 0 Å². The van der Waals surface area contributed by atoms with Gasteiger partial charge in [-0.05, 0) is 30.4 Å². The minimum atomic E-state index is 0.531. The number of nitrogens with two attached hydrogens (primary N) is 1. The highest BCUT2D eigenvalue weighted by Gasteiger charge is 2.31. The number of para-hydroxylation sites is 1. The molecule has 0 saturated carbocycles. The summed E-state index contributed by atoms with van der Waals surface area (Å²) >= 11 is 0. The molecule has 1 saturated heterocycles. The SMILES string of the molecule is CCC1(CC)CCN(C(N)=Nc2ccccc2)CC1. The zero-order valence-electron chi connectivity index (χ0n) is 12.1. The van der Waals surface area contributed by atoms with Crippen molar-refractivity contribution in [3.8, 4) is 0 Å². The van der Waals surface area contributed by atoms with Crippen molar-refractivity contribution in [1.82, 2.24) is 4.90 Å². The van der Waals surface area contributed by atoms with Crippen LogP contribution in [-0.2, 0) is 0 Å². The van der Waals surface area contributed by atoms with Crippen LogP contribution in [0.15, 0.2) is 35.3 Å². The molecule has 1 aliphatic heterocycles. The highest BCUT2D eigenvalue weighted by molar-refractivity contribution is 5.81. The highest BCUT2D eigenvalue weighted by Crippen LogP contribution is 2.37. The first-order valence-electron chi connectivity index (χ1n) is 7.33. The second-order valence-corrected chi connectivity index (χ2v) is 5.50. The number of rotatable bonds is 3. The summed E-state index contributed by atoms with van der Waals surface area (Å²) in [5.74, 6) is 0.659. The molecule has 0 amide bonds. The van der Waals surface area contributed by atoms with Crippen LogP contribution >= 0.6 is 0 Å². The maximum Gasteiger partial charge on any atom is 0.196 e. The summed E-state index contributed by atoms with van der Waals surface area (Å²) in [7, 11) is 0. The van der Waals surface area contributed by atoms with Crippen molar-refractivity contribution in [2.45, 2.75) is 39.5 Å². The van der Waals surface area contributed by atoms with E-state index in [-0.39, 0.29) is 0 Å². The molecule has 0 aromatic heterocycles. The molecule has 0 atom stereocenters. The Kier molecular flexibility index (Phi) is 4.46. The van der Waals surface area contributed by atoms with Crippen molar-refractivity contribution in [1.29, 1.82) is 0 Å². The van der Waals surface area contributed by atoms with Gasteiger partial charge >= 0.3 is 0 Å². The normalized spacial score (nSPS) is 19.5. The van der Waals surface area contributed by atoms with Gasteiger partial charge in [-0.1, -0.05) is 44.9 Å². The average Bonchev–Trinajstić information content (AvgIpc) is 2.48. The quantitative estimate of drug-likeness (QED) is 0.666. The topological polar surface area (TPSA) is 41.6 Å². The van der Waals surface area contributed by atoms with Gasteiger partial charge in [0, 0.05) is 13.1 Å². The van der Waals surface area contributed by atoms with Gasteiger partial charge in [-0.15, -0.1) is 0 Å². The standard InChI is InChI=1S/C16H25N3/c1-3-16(4-2)10-12-19(13-11-16)15(17)18-14-8-6-5-7-9-14/h5-9H,3-4,10-13H2,1-2H3,(H2,17,18). The van der Waals surface area contributed by atoms with E-state index in [9.17, 15) is 0 Å². The molecule has 0 unspecified atom stereocenters. The summed E-state index contributed by atoms with van der Waals surface area (Å²) in [6, 6.07) is 9.94. The Labute approximate surface area is 116 Å². The lowest BCUT2D eigenvalue weighted by Crippen LogP contribution is -2.45. The Balaban J connectivity index is 2.00. The van der Waals surface area contributed by atoms with Crippen LogP contribution < -0.4 is 5.73 Å². The number of nitrogens with zero attached hydrogens (tertiary/aromatic N) is 2. The average molecular weight is 259 g/mol. The van der Waals surface area contributed by atoms with E-state index in [0.717, 1.165) is 18.8 Å². The number of hydrogen-bond acceptors (Lipinski definition) is 1. The van der Waals surface area contributed by atoms with E-state index in [4.69, 9.17) is 5.73 Å². The lowest BCUT2D eigenvalue weighted by molar-refractivity contribution is 0.135. The fraction of sp³-hybridized carbons (Fsp3) is 0.562. The Hall–Kier alpha value is -1.51. The summed E-state index contributed by atoms with van der Waals surface area (Å²) in [6.45, 7) is 6.68. The van der Waals surface area contributed by atoms with Crippen LogP contribution in [-0.4, -0.2) is 23.9 Å². The van der Waals surface area contributed by atoms with E-state index >= 15 is 0 Å². The number of hydrogen-bond donors (Lipinski definition) is 1. The van der Waals surface area contributed by atoms with Gasteiger partial charge in [0.25, 0.3) is 0 Å². The second kappa shape index (κ2) is 6.09. The van der Waals surface area contributed by atoms with Gasteiger partial charge in [-0.2, -0.15) is 0 Å². The molecule has 0 spiro atoms. The van der Waals surface area contributed by atoms with Crippen LogP contribution in [0.3, 0.4) is 0 Å². The number of guanidine groups is 1. The van der Waals surface area contributed by atoms with Crippen molar-refractivity contribution in [2.24, 2.45) is 16.1 Å². The zero-order valence-corrected chi connectivity index (χ0v) is 12.1. The minimum Gasteiger partial charge on any atom is -0.369 e. The van der Waals surface area contributed by atoms with Gasteiger partial charge < -0.3 is 10.6 Å². The molecule has 1 fully saturated rings. The fourth-order valence-electron chi connectivity index (χ4n) is 2.87. The Morgan fingerprint density at radius 1 is 1.16 bits per heavy atom. The lowest BCUT2D eigenvalue weighted by Gasteiger charge is -2.41. The van der Waals surface area contributed by atoms with Gasteiger partial charge in [-0.3, -0.25) is 0 Å². The lowest BCUT2D eigenvalue weighted by atomic mass is 9.74. The van der Waals surface area contributed by atoms with E-state index in [1.165, 1.54) is 25.7 Å². The molecule has 2 rings (SSSR count). The van der Waals surface area contributed by atoms with Crippen LogP contribution in [0.4, 0.5) is 5.69 Å². The number of likely N-dealkylation sites (tertiary alicyclic amines) is 1. The summed E-state index contributed by atoms with van der Waals surface area (Å²) in [6.07, 6.45) is 5.00. The van der Waals surface area contributed by atoms with Crippen LogP contribution in [0, 0.1) is 5.41 Å². The van der Waals surface area contributed by atoms with Crippen LogP contribution in [0.5, 0.6) is 0 Å². The monoisotopic (exact) mass is 259 g/mol. The number of benzene rings is 1. The first kappa shape index (κ1) is 13.9. The van der Waals surface area contributed by atoms with Crippen LogP contribution in [0.1, 0.15) is 39.5 Å². The van der Waals surface area contributed by atoms with Crippen LogP contribution in [0.25, 0.3) is 0 Å². The van der Waals surface area contributed by atoms with Crippen molar-refractivity contribution < 1.29 is 0 Å². The molecule has 0 bridgehead atoms. The van der Waals surface area contributed by atoms with Crippen molar-refractivity contribution >= 4 is 11.6 Å². The maximum atomic E-state index is 6.13. The molecule has 1 heterocycles. The van der Waals surface area contributed by atoms with Gasteiger partial charge in [-0.25, -0.2) is 4.99 Å². The molecule has 104 valence electrons. The third kappa shape index (κ3) is 3.28. The van der Waals surface area contributed by atoms with Gasteiger partial charge in [0.05, 0.1) is 5.69 Å². The van der Waals surface area contributed by atoms with E-state index in [0.29, 0.717) is 11.4 Å². The molecule has 3 nitrogen and oxygen atoms in total. The van der Waals surface area contributed by atoms with Crippen molar-refractivity contribution in [3.63, 3.8) is 0 Å². The Morgan fingerprint density at radius 3 is 2.26 bits per heavy atom. The third-order valence-electron chi connectivity index (χ3n) is 4.65. The first-order valence-corrected chi connectivity index (χ1v) is 7.33. The number of aliphatic imine (C=N–C) groups is 1. The molecule has 0 aliphatic carbocycles. The molecule has 3 heteroatoms. The van der Waals surface area contributed by atoms with Crippen molar-refractivity contribution in [2.75, 3.05) is 13.1 Å². The Morgan fingerprint density at radius 2 is 1.74 bits per heavy atom. The fourth-order valence-corrected chi connectivity index (χ4v) is 2.87. The van der Waals surface area contributed by atoms with Crippen molar-refractivity contribution in [3.05, 3.63) is 30.3 Å². The molecule has 1 aliphatic rings. The second-order valence-electron chi connectivity index (χ2n) is 5.50. The third-order valence-corrected chi connectivity index (χ3v) is 4.65. The molecular formula is C16H25N3. The molecule has 0 radical (unpaired) electrons. The Bertz CT molecular complexity index is 411. The largest absolute Gasteiger partial charge is 0.369 e. The summed E-state index contributed by atoms with van der Waals surface area (Å²) in [5.41, 5.74) is 7.59. The summed E-state index contributed by atoms with van der Waals surface area (Å²) < 4.78 is 0. The predicted molar refractivity (Wildman–Crippen MR) is 81.5 cm³/mol. The summed E-state index contributed by atoms with van der Waals surface area (Å²) in [4.78, 5) is 6.72. The maximum absolute atomic E-state index is 6.13. The van der Waals surface area contributed by atoms with Gasteiger partial charge in [0.15, 0.2) is 5.96 Å². The minimum absolute atomic E-state index is 0.531. The smallest absolute Gasteiger partial charge is 0.196 e. The molecule has 1 aromatic rings. The zero-order chi connectivity index (χ0) is 13.7. The van der Waals surface area contributed by atoms with E-state index in [2.05, 4.69) is 23.7 Å². The first-order chi connectivity index (χ1) is 9.19. The number of piperidine rings is 1. The molecule has 2 N–H and O–H groups in total. The predicted octanol–water partition coefficient (Wildman–Crippen LogP) is 3.54. The van der Waals surface area contributed by atoms with E-state index < -0.39 is 0 Å². The molecule has 19 heavy (non-hydrogen) atoms. The summed E-state index contributed by atoms with van der Waals surface area (Å²) in [5, 5.41) is 0. The molecular weight excluding hydrogens is 234 g/mol.